The van der Waals surface area contributed by atoms with Gasteiger partial charge in [-0.2, -0.15) is 0 Å². The molecule has 1 aromatic carbocycles. The van der Waals surface area contributed by atoms with Gasteiger partial charge in [0.05, 0.1) is 18.3 Å². The average molecular weight is 450 g/mol. The molecule has 1 aliphatic heterocycles. The molecular formula is C25H31N5O3. The van der Waals surface area contributed by atoms with Gasteiger partial charge in [0.25, 0.3) is 5.91 Å². The van der Waals surface area contributed by atoms with Gasteiger partial charge in [0.1, 0.15) is 17.7 Å². The highest BCUT2D eigenvalue weighted by Crippen LogP contribution is 2.24. The molecule has 8 nitrogen and oxygen atoms in total. The number of benzene rings is 1. The number of carbonyl (C=O) groups is 2. The zero-order chi connectivity index (χ0) is 23.5. The van der Waals surface area contributed by atoms with Gasteiger partial charge in [-0.1, -0.05) is 0 Å². The summed E-state index contributed by atoms with van der Waals surface area (Å²) in [5, 5.41) is 0.990. The van der Waals surface area contributed by atoms with Gasteiger partial charge < -0.3 is 19.1 Å². The number of likely N-dealkylation sites (N-methyl/N-ethyl adjacent to an activating group) is 1. The van der Waals surface area contributed by atoms with Crippen LogP contribution in [0.5, 0.6) is 5.75 Å². The fourth-order valence-electron chi connectivity index (χ4n) is 4.03. The lowest BCUT2D eigenvalue weighted by molar-refractivity contribution is -0.130. The van der Waals surface area contributed by atoms with E-state index in [-0.39, 0.29) is 17.9 Å². The van der Waals surface area contributed by atoms with Gasteiger partial charge in [0.2, 0.25) is 5.91 Å². The predicted molar refractivity (Wildman–Crippen MR) is 128 cm³/mol. The third kappa shape index (κ3) is 5.17. The molecule has 1 aliphatic rings. The number of hydrogen-bond acceptors (Lipinski definition) is 5. The second-order valence-corrected chi connectivity index (χ2v) is 8.89. The molecule has 1 saturated heterocycles. The number of aromatic nitrogens is 2. The maximum atomic E-state index is 12.2. The molecule has 0 spiro atoms. The largest absolute Gasteiger partial charge is 0.489 e. The Kier molecular flexibility index (Phi) is 6.65. The molecule has 8 heteroatoms. The van der Waals surface area contributed by atoms with Gasteiger partial charge in [0, 0.05) is 58.4 Å². The van der Waals surface area contributed by atoms with Crippen LogP contribution in [0.1, 0.15) is 23.2 Å². The van der Waals surface area contributed by atoms with Crippen LogP contribution in [0, 0.1) is 0 Å². The quantitative estimate of drug-likeness (QED) is 0.579. The van der Waals surface area contributed by atoms with E-state index in [1.54, 1.807) is 44.2 Å². The summed E-state index contributed by atoms with van der Waals surface area (Å²) in [4.78, 5) is 34.1. The molecule has 0 atom stereocenters. The molecule has 0 saturated carbocycles. The number of ether oxygens (including phenoxy) is 1. The van der Waals surface area contributed by atoms with Crippen LogP contribution in [0.15, 0.2) is 48.8 Å². The molecule has 3 heterocycles. The fraction of sp³-hybridized carbons (Fsp3) is 0.400. The van der Waals surface area contributed by atoms with Crippen molar-refractivity contribution in [1.82, 2.24) is 24.3 Å². The van der Waals surface area contributed by atoms with E-state index < -0.39 is 0 Å². The molecule has 3 aromatic rings. The van der Waals surface area contributed by atoms with Crippen molar-refractivity contribution in [3.63, 3.8) is 0 Å². The Morgan fingerprint density at radius 2 is 1.79 bits per heavy atom. The minimum atomic E-state index is -0.0144. The van der Waals surface area contributed by atoms with Crippen molar-refractivity contribution in [1.29, 1.82) is 0 Å². The number of carbonyl (C=O) groups excluding carboxylic acids is 2. The van der Waals surface area contributed by atoms with Crippen molar-refractivity contribution in [2.45, 2.75) is 18.9 Å². The first kappa shape index (κ1) is 22.8. The Balaban J connectivity index is 1.38. The molecule has 0 aliphatic carbocycles. The third-order valence-electron chi connectivity index (χ3n) is 6.01. The maximum Gasteiger partial charge on any atom is 0.253 e. The molecule has 2 aromatic heterocycles. The van der Waals surface area contributed by atoms with E-state index in [1.165, 1.54) is 0 Å². The van der Waals surface area contributed by atoms with E-state index >= 15 is 0 Å². The molecule has 2 amide bonds. The molecule has 0 N–H and O–H groups in total. The Morgan fingerprint density at radius 1 is 1.03 bits per heavy atom. The lowest BCUT2D eigenvalue weighted by Crippen LogP contribution is -2.43. The lowest BCUT2D eigenvalue weighted by atomic mass is 10.1. The molecule has 1 fully saturated rings. The molecule has 0 unspecified atom stereocenters. The van der Waals surface area contributed by atoms with E-state index in [2.05, 4.69) is 9.88 Å². The number of amides is 2. The zero-order valence-electron chi connectivity index (χ0n) is 19.7. The summed E-state index contributed by atoms with van der Waals surface area (Å²) >= 11 is 0. The summed E-state index contributed by atoms with van der Waals surface area (Å²) in [5.74, 6) is 1.66. The van der Waals surface area contributed by atoms with Crippen molar-refractivity contribution in [2.75, 3.05) is 47.8 Å². The monoisotopic (exact) mass is 449 g/mol. The van der Waals surface area contributed by atoms with E-state index in [0.717, 1.165) is 48.4 Å². The lowest BCUT2D eigenvalue weighted by Gasteiger charge is -2.32. The van der Waals surface area contributed by atoms with Crippen LogP contribution >= 0.6 is 0 Å². The van der Waals surface area contributed by atoms with Crippen LogP contribution < -0.4 is 4.74 Å². The van der Waals surface area contributed by atoms with Crippen LogP contribution in [-0.4, -0.2) is 90.0 Å². The Hall–Kier alpha value is -3.39. The van der Waals surface area contributed by atoms with Crippen LogP contribution in [-0.2, 0) is 4.79 Å². The number of fused-ring (bicyclic) bond motifs is 1. The molecule has 0 radical (unpaired) electrons. The highest BCUT2D eigenvalue weighted by Gasteiger charge is 2.22. The topological polar surface area (TPSA) is 70.9 Å². The van der Waals surface area contributed by atoms with E-state index in [1.807, 2.05) is 47.2 Å². The van der Waals surface area contributed by atoms with Crippen molar-refractivity contribution < 1.29 is 14.3 Å². The molecule has 174 valence electrons. The summed E-state index contributed by atoms with van der Waals surface area (Å²) < 4.78 is 8.15. The summed E-state index contributed by atoms with van der Waals surface area (Å²) in [6, 6.07) is 11.6. The second-order valence-electron chi connectivity index (χ2n) is 8.89. The van der Waals surface area contributed by atoms with Crippen LogP contribution in [0.3, 0.4) is 0 Å². The van der Waals surface area contributed by atoms with Gasteiger partial charge in [-0.3, -0.25) is 14.5 Å². The zero-order valence-corrected chi connectivity index (χ0v) is 19.7. The minimum absolute atomic E-state index is 0.0144. The maximum absolute atomic E-state index is 12.2. The average Bonchev–Trinajstić information content (AvgIpc) is 3.23. The number of pyridine rings is 1. The highest BCUT2D eigenvalue weighted by molar-refractivity contribution is 5.98. The Bertz CT molecular complexity index is 1130. The summed E-state index contributed by atoms with van der Waals surface area (Å²) in [7, 11) is 7.07. The van der Waals surface area contributed by atoms with Crippen molar-refractivity contribution >= 4 is 22.7 Å². The normalized spacial score (nSPS) is 14.9. The van der Waals surface area contributed by atoms with Gasteiger partial charge in [-0.25, -0.2) is 4.98 Å². The molecule has 33 heavy (non-hydrogen) atoms. The summed E-state index contributed by atoms with van der Waals surface area (Å²) in [6.07, 6.45) is 5.62. The SMILES string of the molecule is CN(C)C(=O)CN1CCC(Oc2ccc(-n3ccc4cc(C(=O)N(C)C)ccc43)nc2)CC1. The van der Waals surface area contributed by atoms with Crippen molar-refractivity contribution in [3.05, 3.63) is 54.4 Å². The number of rotatable bonds is 6. The van der Waals surface area contributed by atoms with E-state index in [0.29, 0.717) is 12.1 Å². The predicted octanol–water partition coefficient (Wildman–Crippen LogP) is 2.66. The van der Waals surface area contributed by atoms with Crippen LogP contribution in [0.4, 0.5) is 0 Å². The first-order chi connectivity index (χ1) is 15.8. The highest BCUT2D eigenvalue weighted by atomic mass is 16.5. The van der Waals surface area contributed by atoms with Crippen LogP contribution in [0.2, 0.25) is 0 Å². The van der Waals surface area contributed by atoms with Gasteiger partial charge >= 0.3 is 0 Å². The molecule has 0 bridgehead atoms. The van der Waals surface area contributed by atoms with Crippen molar-refractivity contribution in [3.8, 4) is 11.6 Å². The molecule has 4 rings (SSSR count). The molecular weight excluding hydrogens is 418 g/mol. The first-order valence-electron chi connectivity index (χ1n) is 11.2. The smallest absolute Gasteiger partial charge is 0.253 e. The minimum Gasteiger partial charge on any atom is -0.489 e. The number of piperidine rings is 1. The van der Waals surface area contributed by atoms with Crippen LogP contribution in [0.25, 0.3) is 16.7 Å². The standard InChI is InChI=1S/C25H31N5O3/c1-27(2)24(31)17-29-12-10-20(11-13-29)33-21-6-8-23(26-16-21)30-14-9-18-15-19(5-7-22(18)30)25(32)28(3)4/h5-9,14-16,20H,10-13,17H2,1-4H3. The van der Waals surface area contributed by atoms with E-state index in [9.17, 15) is 9.59 Å². The summed E-state index contributed by atoms with van der Waals surface area (Å²) in [6.45, 7) is 2.17. The van der Waals surface area contributed by atoms with Gasteiger partial charge in [-0.05, 0) is 49.2 Å². The first-order valence-corrected chi connectivity index (χ1v) is 11.2. The fourth-order valence-corrected chi connectivity index (χ4v) is 4.03. The summed E-state index contributed by atoms with van der Waals surface area (Å²) in [5.41, 5.74) is 1.66. The van der Waals surface area contributed by atoms with Gasteiger partial charge in [0.15, 0.2) is 0 Å². The third-order valence-corrected chi connectivity index (χ3v) is 6.01. The Morgan fingerprint density at radius 3 is 2.42 bits per heavy atom. The van der Waals surface area contributed by atoms with Gasteiger partial charge in [-0.15, -0.1) is 0 Å². The number of hydrogen-bond donors (Lipinski definition) is 0. The Labute approximate surface area is 194 Å². The number of likely N-dealkylation sites (tertiary alicyclic amines) is 1. The number of nitrogens with zero attached hydrogens (tertiary/aromatic N) is 5. The van der Waals surface area contributed by atoms with Crippen molar-refractivity contribution in [2.24, 2.45) is 0 Å². The van der Waals surface area contributed by atoms with E-state index in [4.69, 9.17) is 4.74 Å². The second kappa shape index (κ2) is 9.62.